The summed E-state index contributed by atoms with van der Waals surface area (Å²) in [6.45, 7) is 1.99. The standard InChI is InChI=1S/C15H18F3N3/c1-3-12-9-14(21(2)20-12)13(19)8-10-5-4-6-11(7-10)15(16,17)18/h4-7,9,13H,3,8,19H2,1-2H3. The summed E-state index contributed by atoms with van der Waals surface area (Å²) in [5.41, 5.74) is 7.78. The van der Waals surface area contributed by atoms with Gasteiger partial charge in [-0.3, -0.25) is 4.68 Å². The first-order valence-corrected chi connectivity index (χ1v) is 6.75. The summed E-state index contributed by atoms with van der Waals surface area (Å²) < 4.78 is 39.8. The van der Waals surface area contributed by atoms with Gasteiger partial charge in [-0.05, 0) is 30.5 Å². The van der Waals surface area contributed by atoms with Crippen LogP contribution in [0.25, 0.3) is 0 Å². The van der Waals surface area contributed by atoms with Crippen LogP contribution >= 0.6 is 0 Å². The number of halogens is 3. The first-order chi connectivity index (χ1) is 9.81. The van der Waals surface area contributed by atoms with E-state index in [1.807, 2.05) is 13.0 Å². The lowest BCUT2D eigenvalue weighted by Gasteiger charge is -2.13. The number of hydrogen-bond donors (Lipinski definition) is 1. The van der Waals surface area contributed by atoms with Gasteiger partial charge in [0.2, 0.25) is 0 Å². The average Bonchev–Trinajstić information content (AvgIpc) is 2.79. The number of aromatic nitrogens is 2. The van der Waals surface area contributed by atoms with E-state index in [2.05, 4.69) is 5.10 Å². The summed E-state index contributed by atoms with van der Waals surface area (Å²) in [4.78, 5) is 0. The van der Waals surface area contributed by atoms with Crippen molar-refractivity contribution in [3.63, 3.8) is 0 Å². The Kier molecular flexibility index (Phi) is 4.37. The van der Waals surface area contributed by atoms with Crippen LogP contribution in [-0.4, -0.2) is 9.78 Å². The topological polar surface area (TPSA) is 43.8 Å². The second kappa shape index (κ2) is 5.89. The lowest BCUT2D eigenvalue weighted by Crippen LogP contribution is -2.17. The Bertz CT molecular complexity index is 617. The minimum absolute atomic E-state index is 0.340. The summed E-state index contributed by atoms with van der Waals surface area (Å²) in [5, 5.41) is 4.31. The SMILES string of the molecule is CCc1cc(C(N)Cc2cccc(C(F)(F)F)c2)n(C)n1. The summed E-state index contributed by atoms with van der Waals surface area (Å²) in [7, 11) is 1.79. The van der Waals surface area contributed by atoms with Crippen molar-refractivity contribution in [3.05, 3.63) is 52.8 Å². The molecule has 0 spiro atoms. The van der Waals surface area contributed by atoms with Gasteiger partial charge in [-0.25, -0.2) is 0 Å². The zero-order valence-corrected chi connectivity index (χ0v) is 12.0. The molecule has 0 aliphatic carbocycles. The van der Waals surface area contributed by atoms with Crippen molar-refractivity contribution in [2.75, 3.05) is 0 Å². The molecule has 0 aliphatic heterocycles. The Morgan fingerprint density at radius 1 is 1.29 bits per heavy atom. The molecule has 1 aromatic carbocycles. The van der Waals surface area contributed by atoms with Gasteiger partial charge in [0.05, 0.1) is 23.0 Å². The zero-order valence-electron chi connectivity index (χ0n) is 12.0. The van der Waals surface area contributed by atoms with Crippen LogP contribution in [0.2, 0.25) is 0 Å². The minimum Gasteiger partial charge on any atom is -0.322 e. The second-order valence-corrected chi connectivity index (χ2v) is 5.05. The van der Waals surface area contributed by atoms with E-state index in [-0.39, 0.29) is 6.04 Å². The van der Waals surface area contributed by atoms with Crippen molar-refractivity contribution in [3.8, 4) is 0 Å². The fourth-order valence-corrected chi connectivity index (χ4v) is 2.30. The molecule has 1 aromatic heterocycles. The summed E-state index contributed by atoms with van der Waals surface area (Å²) >= 11 is 0. The van der Waals surface area contributed by atoms with E-state index in [1.165, 1.54) is 6.07 Å². The monoisotopic (exact) mass is 297 g/mol. The van der Waals surface area contributed by atoms with E-state index < -0.39 is 11.7 Å². The molecule has 2 rings (SSSR count). The number of benzene rings is 1. The van der Waals surface area contributed by atoms with Crippen LogP contribution in [0.3, 0.4) is 0 Å². The first-order valence-electron chi connectivity index (χ1n) is 6.75. The molecule has 0 fully saturated rings. The molecule has 1 heterocycles. The van der Waals surface area contributed by atoms with Gasteiger partial charge in [0.1, 0.15) is 0 Å². The Morgan fingerprint density at radius 2 is 2.00 bits per heavy atom. The van der Waals surface area contributed by atoms with Crippen LogP contribution in [0.1, 0.15) is 35.5 Å². The third kappa shape index (κ3) is 3.64. The number of hydrogen-bond acceptors (Lipinski definition) is 2. The molecule has 0 radical (unpaired) electrons. The van der Waals surface area contributed by atoms with Crippen LogP contribution in [0.4, 0.5) is 13.2 Å². The minimum atomic E-state index is -4.33. The Balaban J connectivity index is 2.19. The quantitative estimate of drug-likeness (QED) is 0.941. The number of nitrogens with two attached hydrogens (primary N) is 1. The van der Waals surface area contributed by atoms with Crippen LogP contribution < -0.4 is 5.73 Å². The van der Waals surface area contributed by atoms with E-state index in [1.54, 1.807) is 17.8 Å². The molecule has 0 aliphatic rings. The van der Waals surface area contributed by atoms with Crippen LogP contribution in [0.5, 0.6) is 0 Å². The Hall–Kier alpha value is -1.82. The van der Waals surface area contributed by atoms with Gasteiger partial charge in [0, 0.05) is 7.05 Å². The van der Waals surface area contributed by atoms with Crippen molar-refractivity contribution in [1.82, 2.24) is 9.78 Å². The van der Waals surface area contributed by atoms with Crippen LogP contribution in [-0.2, 0) is 26.1 Å². The number of rotatable bonds is 4. The molecule has 3 nitrogen and oxygen atoms in total. The highest BCUT2D eigenvalue weighted by atomic mass is 19.4. The molecule has 1 unspecified atom stereocenters. The molecule has 114 valence electrons. The fraction of sp³-hybridized carbons (Fsp3) is 0.400. The summed E-state index contributed by atoms with van der Waals surface area (Å²) in [6, 6.07) is 6.80. The molecule has 1 atom stereocenters. The van der Waals surface area contributed by atoms with Crippen molar-refractivity contribution >= 4 is 0 Å². The number of nitrogens with zero attached hydrogens (tertiary/aromatic N) is 2. The molecule has 2 aromatic rings. The molecule has 2 N–H and O–H groups in total. The van der Waals surface area contributed by atoms with Gasteiger partial charge in [-0.1, -0.05) is 25.1 Å². The van der Waals surface area contributed by atoms with Gasteiger partial charge in [0.15, 0.2) is 0 Å². The molecular weight excluding hydrogens is 279 g/mol. The van der Waals surface area contributed by atoms with E-state index >= 15 is 0 Å². The van der Waals surface area contributed by atoms with Crippen LogP contribution in [0, 0.1) is 0 Å². The molecule has 0 amide bonds. The predicted octanol–water partition coefficient (Wildman–Crippen LogP) is 3.24. The maximum absolute atomic E-state index is 12.7. The average molecular weight is 297 g/mol. The Morgan fingerprint density at radius 3 is 2.57 bits per heavy atom. The lowest BCUT2D eigenvalue weighted by atomic mass is 10.0. The van der Waals surface area contributed by atoms with Gasteiger partial charge < -0.3 is 5.73 Å². The molecule has 0 bridgehead atoms. The highest BCUT2D eigenvalue weighted by Gasteiger charge is 2.30. The normalized spacial score (nSPS) is 13.4. The van der Waals surface area contributed by atoms with Gasteiger partial charge >= 0.3 is 6.18 Å². The smallest absolute Gasteiger partial charge is 0.322 e. The largest absolute Gasteiger partial charge is 0.416 e. The first kappa shape index (κ1) is 15.6. The van der Waals surface area contributed by atoms with Crippen LogP contribution in [0.15, 0.2) is 30.3 Å². The van der Waals surface area contributed by atoms with Gasteiger partial charge in [0.25, 0.3) is 0 Å². The highest BCUT2D eigenvalue weighted by molar-refractivity contribution is 5.27. The molecule has 0 saturated carbocycles. The maximum atomic E-state index is 12.7. The third-order valence-corrected chi connectivity index (χ3v) is 3.42. The summed E-state index contributed by atoms with van der Waals surface area (Å²) in [5.74, 6) is 0. The second-order valence-electron chi connectivity index (χ2n) is 5.05. The van der Waals surface area contributed by atoms with E-state index in [0.717, 1.165) is 29.9 Å². The maximum Gasteiger partial charge on any atom is 0.416 e. The third-order valence-electron chi connectivity index (χ3n) is 3.42. The summed E-state index contributed by atoms with van der Waals surface area (Å²) in [6.07, 6.45) is -3.20. The van der Waals surface area contributed by atoms with Gasteiger partial charge in [-0.2, -0.15) is 18.3 Å². The zero-order chi connectivity index (χ0) is 15.6. The molecule has 6 heteroatoms. The van der Waals surface area contributed by atoms with E-state index in [0.29, 0.717) is 12.0 Å². The predicted molar refractivity (Wildman–Crippen MR) is 74.7 cm³/mol. The van der Waals surface area contributed by atoms with E-state index in [9.17, 15) is 13.2 Å². The molecular formula is C15H18F3N3. The molecule has 21 heavy (non-hydrogen) atoms. The number of aryl methyl sites for hydroxylation is 2. The molecule has 0 saturated heterocycles. The van der Waals surface area contributed by atoms with E-state index in [4.69, 9.17) is 5.73 Å². The Labute approximate surface area is 121 Å². The van der Waals surface area contributed by atoms with Gasteiger partial charge in [-0.15, -0.1) is 0 Å². The lowest BCUT2D eigenvalue weighted by molar-refractivity contribution is -0.137. The van der Waals surface area contributed by atoms with Crippen molar-refractivity contribution < 1.29 is 13.2 Å². The van der Waals surface area contributed by atoms with Crippen molar-refractivity contribution in [1.29, 1.82) is 0 Å². The number of alkyl halides is 3. The van der Waals surface area contributed by atoms with Crippen molar-refractivity contribution in [2.45, 2.75) is 32.0 Å². The van der Waals surface area contributed by atoms with Crippen molar-refractivity contribution in [2.24, 2.45) is 12.8 Å². The highest BCUT2D eigenvalue weighted by Crippen LogP contribution is 2.30. The fourth-order valence-electron chi connectivity index (χ4n) is 2.30.